The van der Waals surface area contributed by atoms with Crippen molar-refractivity contribution in [2.75, 3.05) is 6.54 Å². The molecule has 1 aromatic carbocycles. The van der Waals surface area contributed by atoms with Crippen LogP contribution in [0.4, 0.5) is 0 Å². The van der Waals surface area contributed by atoms with Crippen molar-refractivity contribution in [1.82, 2.24) is 9.29 Å². The van der Waals surface area contributed by atoms with Gasteiger partial charge in [-0.05, 0) is 36.4 Å². The Morgan fingerprint density at radius 3 is 2.35 bits per heavy atom. The van der Waals surface area contributed by atoms with Gasteiger partial charge < -0.3 is 5.32 Å². The zero-order valence-corrected chi connectivity index (χ0v) is 11.3. The molecule has 5 nitrogen and oxygen atoms in total. The molecule has 1 amide bonds. The third-order valence-electron chi connectivity index (χ3n) is 2.62. The molecule has 0 aliphatic heterocycles. The summed E-state index contributed by atoms with van der Waals surface area (Å²) in [6.07, 6.45) is 7.94. The highest BCUT2D eigenvalue weighted by atomic mass is 32.2. The molecule has 6 heteroatoms. The van der Waals surface area contributed by atoms with E-state index in [0.29, 0.717) is 5.56 Å². The van der Waals surface area contributed by atoms with Gasteiger partial charge in [-0.2, -0.15) is 0 Å². The minimum Gasteiger partial charge on any atom is -0.341 e. The van der Waals surface area contributed by atoms with E-state index in [0.717, 1.165) is 3.97 Å². The summed E-state index contributed by atoms with van der Waals surface area (Å²) in [6.45, 7) is 0.127. The van der Waals surface area contributed by atoms with Crippen molar-refractivity contribution in [3.05, 3.63) is 54.4 Å². The summed E-state index contributed by atoms with van der Waals surface area (Å²) >= 11 is 0. The number of carbonyl (C=O) groups excluding carboxylic acids is 1. The Bertz CT molecular complexity index is 739. The number of hydrogen-bond donors (Lipinski definition) is 1. The predicted molar refractivity (Wildman–Crippen MR) is 74.6 cm³/mol. The second kappa shape index (κ2) is 5.63. The Morgan fingerprint density at radius 1 is 1.20 bits per heavy atom. The van der Waals surface area contributed by atoms with Crippen LogP contribution in [0.3, 0.4) is 0 Å². The Hall–Kier alpha value is -2.52. The molecular formula is C14H12N2O3S. The van der Waals surface area contributed by atoms with Gasteiger partial charge in [0.1, 0.15) is 0 Å². The molecule has 0 saturated carbocycles. The molecule has 20 heavy (non-hydrogen) atoms. The number of terminal acetylenes is 1. The molecule has 0 fully saturated rings. The number of carbonyl (C=O) groups is 1. The van der Waals surface area contributed by atoms with Crippen LogP contribution in [0.2, 0.25) is 0 Å². The molecule has 102 valence electrons. The van der Waals surface area contributed by atoms with Crippen molar-refractivity contribution < 1.29 is 13.2 Å². The zero-order chi connectivity index (χ0) is 14.6. The number of hydrogen-bond acceptors (Lipinski definition) is 3. The fourth-order valence-electron chi connectivity index (χ4n) is 1.61. The second-order valence-electron chi connectivity index (χ2n) is 3.93. The highest BCUT2D eigenvalue weighted by Crippen LogP contribution is 2.14. The largest absolute Gasteiger partial charge is 0.341 e. The van der Waals surface area contributed by atoms with Crippen LogP contribution in [0.5, 0.6) is 0 Å². The number of aromatic nitrogens is 1. The van der Waals surface area contributed by atoms with Gasteiger partial charge in [0.25, 0.3) is 15.9 Å². The van der Waals surface area contributed by atoms with E-state index in [-0.39, 0.29) is 17.3 Å². The monoisotopic (exact) mass is 288 g/mol. The highest BCUT2D eigenvalue weighted by molar-refractivity contribution is 7.90. The number of rotatable bonds is 4. The van der Waals surface area contributed by atoms with Gasteiger partial charge in [0, 0.05) is 18.0 Å². The molecule has 1 N–H and O–H groups in total. The topological polar surface area (TPSA) is 68.2 Å². The van der Waals surface area contributed by atoms with Crippen LogP contribution in [0, 0.1) is 12.3 Å². The number of benzene rings is 1. The van der Waals surface area contributed by atoms with Gasteiger partial charge in [0.15, 0.2) is 0 Å². The zero-order valence-electron chi connectivity index (χ0n) is 10.5. The Morgan fingerprint density at radius 2 is 1.80 bits per heavy atom. The first kappa shape index (κ1) is 13.9. The van der Waals surface area contributed by atoms with Gasteiger partial charge in [-0.3, -0.25) is 4.79 Å². The van der Waals surface area contributed by atoms with Crippen molar-refractivity contribution in [2.45, 2.75) is 4.90 Å². The smallest absolute Gasteiger partial charge is 0.267 e. The van der Waals surface area contributed by atoms with Crippen molar-refractivity contribution in [3.8, 4) is 12.3 Å². The average molecular weight is 288 g/mol. The van der Waals surface area contributed by atoms with E-state index in [1.165, 1.54) is 36.7 Å². The molecule has 0 aliphatic carbocycles. The Labute approximate surface area is 117 Å². The van der Waals surface area contributed by atoms with Gasteiger partial charge in [-0.25, -0.2) is 12.4 Å². The third-order valence-corrected chi connectivity index (χ3v) is 4.29. The van der Waals surface area contributed by atoms with Crippen LogP contribution < -0.4 is 5.32 Å². The van der Waals surface area contributed by atoms with Gasteiger partial charge in [-0.15, -0.1) is 6.42 Å². The fraction of sp³-hybridized carbons (Fsp3) is 0.0714. The van der Waals surface area contributed by atoms with Crippen LogP contribution in [-0.4, -0.2) is 24.8 Å². The molecular weight excluding hydrogens is 276 g/mol. The first-order valence-electron chi connectivity index (χ1n) is 5.76. The van der Waals surface area contributed by atoms with Crippen molar-refractivity contribution in [1.29, 1.82) is 0 Å². The number of nitrogens with zero attached hydrogens (tertiary/aromatic N) is 1. The Balaban J connectivity index is 2.25. The lowest BCUT2D eigenvalue weighted by Crippen LogP contribution is -2.23. The molecule has 0 spiro atoms. The summed E-state index contributed by atoms with van der Waals surface area (Å²) in [4.78, 5) is 11.7. The highest BCUT2D eigenvalue weighted by Gasteiger charge is 2.16. The second-order valence-corrected chi connectivity index (χ2v) is 5.77. The van der Waals surface area contributed by atoms with Gasteiger partial charge in [-0.1, -0.05) is 5.92 Å². The molecule has 0 saturated heterocycles. The molecule has 2 rings (SSSR count). The predicted octanol–water partition coefficient (Wildman–Crippen LogP) is 1.09. The lowest BCUT2D eigenvalue weighted by Gasteiger charge is -2.06. The summed E-state index contributed by atoms with van der Waals surface area (Å²) in [5.41, 5.74) is 0.353. The lowest BCUT2D eigenvalue weighted by molar-refractivity contribution is 0.0958. The molecule has 2 aromatic rings. The molecule has 0 bridgehead atoms. The SMILES string of the molecule is C#CCNC(=O)c1ccc(S(=O)(=O)n2cccc2)cc1. The quantitative estimate of drug-likeness (QED) is 0.856. The molecule has 0 radical (unpaired) electrons. The molecule has 1 aromatic heterocycles. The van der Waals surface area contributed by atoms with Crippen molar-refractivity contribution in [2.24, 2.45) is 0 Å². The van der Waals surface area contributed by atoms with Gasteiger partial charge >= 0.3 is 0 Å². The van der Waals surface area contributed by atoms with E-state index >= 15 is 0 Å². The molecule has 0 atom stereocenters. The molecule has 0 unspecified atom stereocenters. The Kier molecular flexibility index (Phi) is 3.91. The van der Waals surface area contributed by atoms with Crippen LogP contribution in [0.15, 0.2) is 53.7 Å². The average Bonchev–Trinajstić information content (AvgIpc) is 3.00. The number of nitrogens with one attached hydrogen (secondary N) is 1. The van der Waals surface area contributed by atoms with E-state index in [1.807, 2.05) is 0 Å². The maximum absolute atomic E-state index is 12.2. The first-order chi connectivity index (χ1) is 9.55. The van der Waals surface area contributed by atoms with Gasteiger partial charge in [0.2, 0.25) is 0 Å². The summed E-state index contributed by atoms with van der Waals surface area (Å²) in [7, 11) is -3.60. The van der Waals surface area contributed by atoms with Gasteiger partial charge in [0.05, 0.1) is 11.4 Å². The van der Waals surface area contributed by atoms with E-state index in [2.05, 4.69) is 11.2 Å². The van der Waals surface area contributed by atoms with Crippen molar-refractivity contribution in [3.63, 3.8) is 0 Å². The van der Waals surface area contributed by atoms with Crippen LogP contribution >= 0.6 is 0 Å². The van der Waals surface area contributed by atoms with Crippen LogP contribution in [0.1, 0.15) is 10.4 Å². The minimum atomic E-state index is -3.60. The standard InChI is InChI=1S/C14H12N2O3S/c1-2-9-15-14(17)12-5-7-13(8-6-12)20(18,19)16-10-3-4-11-16/h1,3-8,10-11H,9H2,(H,15,17). The van der Waals surface area contributed by atoms with E-state index < -0.39 is 10.0 Å². The first-order valence-corrected chi connectivity index (χ1v) is 7.20. The summed E-state index contributed by atoms with van der Waals surface area (Å²) in [6, 6.07) is 8.92. The third kappa shape index (κ3) is 2.73. The van der Waals surface area contributed by atoms with Crippen LogP contribution in [-0.2, 0) is 10.0 Å². The summed E-state index contributed by atoms with van der Waals surface area (Å²) in [5.74, 6) is 1.95. The molecule has 0 aliphatic rings. The summed E-state index contributed by atoms with van der Waals surface area (Å²) in [5, 5.41) is 2.50. The molecule has 1 heterocycles. The maximum Gasteiger partial charge on any atom is 0.267 e. The van der Waals surface area contributed by atoms with Crippen molar-refractivity contribution >= 4 is 15.9 Å². The van der Waals surface area contributed by atoms with E-state index in [9.17, 15) is 13.2 Å². The van der Waals surface area contributed by atoms with E-state index in [1.54, 1.807) is 12.1 Å². The van der Waals surface area contributed by atoms with Crippen LogP contribution in [0.25, 0.3) is 0 Å². The summed E-state index contributed by atoms with van der Waals surface area (Å²) < 4.78 is 25.5. The fourth-order valence-corrected chi connectivity index (χ4v) is 2.80. The maximum atomic E-state index is 12.2. The van der Waals surface area contributed by atoms with E-state index in [4.69, 9.17) is 6.42 Å². The number of amides is 1. The minimum absolute atomic E-state index is 0.113. The lowest BCUT2D eigenvalue weighted by atomic mass is 10.2. The normalized spacial score (nSPS) is 10.8.